The van der Waals surface area contributed by atoms with Gasteiger partial charge in [0.25, 0.3) is 0 Å². The molecule has 0 aliphatic heterocycles. The Morgan fingerprint density at radius 1 is 0.882 bits per heavy atom. The van der Waals surface area contributed by atoms with Gasteiger partial charge in [-0.05, 0) is 26.1 Å². The minimum absolute atomic E-state index is 0.0648. The highest BCUT2D eigenvalue weighted by Gasteiger charge is 2.00. The summed E-state index contributed by atoms with van der Waals surface area (Å²) in [7, 11) is 4.88. The van der Waals surface area contributed by atoms with E-state index in [-0.39, 0.29) is 7.12 Å². The molecule has 0 radical (unpaired) electrons. The first-order chi connectivity index (χ1) is 7.89. The van der Waals surface area contributed by atoms with Gasteiger partial charge in [-0.1, -0.05) is 34.1 Å². The van der Waals surface area contributed by atoms with Crippen molar-refractivity contribution in [3.8, 4) is 0 Å². The summed E-state index contributed by atoms with van der Waals surface area (Å²) in [4.78, 5) is 0. The fourth-order valence-corrected chi connectivity index (χ4v) is 0.263. The van der Waals surface area contributed by atoms with Gasteiger partial charge in [-0.2, -0.15) is 0 Å². The largest absolute Gasteiger partial charge is 0.453 e. The molecule has 4 heteroatoms. The fourth-order valence-electron chi connectivity index (χ4n) is 0.263. The highest BCUT2D eigenvalue weighted by Crippen LogP contribution is 1.93. The van der Waals surface area contributed by atoms with Crippen LogP contribution in [0.5, 0.6) is 0 Å². The Labute approximate surface area is 109 Å². The molecule has 0 rings (SSSR count). The number of methoxy groups -OCH3 is 1. The molecule has 0 aliphatic carbocycles. The molecule has 0 aromatic carbocycles. The van der Waals surface area contributed by atoms with Crippen LogP contribution in [0.2, 0.25) is 6.82 Å². The van der Waals surface area contributed by atoms with Crippen LogP contribution in [0, 0.1) is 5.92 Å². The Kier molecular flexibility index (Phi) is 23.9. The van der Waals surface area contributed by atoms with E-state index in [1.807, 2.05) is 6.82 Å². The summed E-state index contributed by atoms with van der Waals surface area (Å²) in [5.41, 5.74) is 0. The second kappa shape index (κ2) is 18.3. The normalized spacial score (nSPS) is 10.9. The van der Waals surface area contributed by atoms with Crippen LogP contribution in [0.1, 0.15) is 47.5 Å². The number of rotatable bonds is 5. The summed E-state index contributed by atoms with van der Waals surface area (Å²) in [6, 6.07) is 0. The van der Waals surface area contributed by atoms with Gasteiger partial charge in [0, 0.05) is 21.3 Å². The van der Waals surface area contributed by atoms with Crippen LogP contribution in [-0.4, -0.2) is 34.6 Å². The molecule has 0 spiro atoms. The Morgan fingerprint density at radius 3 is 1.24 bits per heavy atom. The first-order valence-electron chi connectivity index (χ1n) is 6.47. The predicted molar refractivity (Wildman–Crippen MR) is 77.5 cm³/mol. The van der Waals surface area contributed by atoms with Gasteiger partial charge in [-0.25, -0.2) is 0 Å². The molecule has 0 N–H and O–H groups in total. The summed E-state index contributed by atoms with van der Waals surface area (Å²) >= 11 is 0. The molecule has 0 saturated carbocycles. The molecule has 1 atom stereocenters. The van der Waals surface area contributed by atoms with E-state index >= 15 is 0 Å². The average Bonchev–Trinajstić information content (AvgIpc) is 2.37. The lowest BCUT2D eigenvalue weighted by Gasteiger charge is -2.01. The smallest absolute Gasteiger partial charge is 0.414 e. The zero-order valence-corrected chi connectivity index (χ0v) is 13.4. The molecule has 0 fully saturated rings. The van der Waals surface area contributed by atoms with Gasteiger partial charge in [-0.3, -0.25) is 0 Å². The summed E-state index contributed by atoms with van der Waals surface area (Å²) in [5.74, 6) is 0.884. The van der Waals surface area contributed by atoms with Crippen molar-refractivity contribution in [2.24, 2.45) is 5.92 Å². The summed E-state index contributed by atoms with van der Waals surface area (Å²) in [5, 5.41) is 0. The molecule has 17 heavy (non-hydrogen) atoms. The van der Waals surface area contributed by atoms with Crippen molar-refractivity contribution < 1.29 is 14.0 Å². The average molecular weight is 248 g/mol. The summed E-state index contributed by atoms with van der Waals surface area (Å²) in [6.07, 6.45) is 2.85. The van der Waals surface area contributed by atoms with Crippen LogP contribution in [0.4, 0.5) is 0 Å². The Hall–Kier alpha value is -0.0551. The van der Waals surface area contributed by atoms with E-state index in [9.17, 15) is 0 Å². The maximum absolute atomic E-state index is 4.90. The molecular weight excluding hydrogens is 215 g/mol. The van der Waals surface area contributed by atoms with E-state index in [0.29, 0.717) is 6.10 Å². The number of hydrogen-bond donors (Lipinski definition) is 0. The standard InChI is InChI=1S/C5H12O.C5H12.C3H9BO2/c1-4-5(2)6-3;1-4-5(2)3;1-4(5-2)6-3/h5H,4H2,1-3H3;5H,4H2,1-3H3;1-3H3. The van der Waals surface area contributed by atoms with Gasteiger partial charge in [0.1, 0.15) is 0 Å². The molecule has 0 amide bonds. The van der Waals surface area contributed by atoms with Crippen LogP contribution in [0.25, 0.3) is 0 Å². The minimum atomic E-state index is -0.0648. The first-order valence-corrected chi connectivity index (χ1v) is 6.47. The Balaban J connectivity index is -0.000000174. The van der Waals surface area contributed by atoms with Crippen molar-refractivity contribution in [2.45, 2.75) is 60.4 Å². The van der Waals surface area contributed by atoms with E-state index in [2.05, 4.69) is 43.9 Å². The molecule has 106 valence electrons. The predicted octanol–water partition coefficient (Wildman–Crippen LogP) is 3.88. The highest BCUT2D eigenvalue weighted by molar-refractivity contribution is 6.42. The van der Waals surface area contributed by atoms with Crippen molar-refractivity contribution in [2.75, 3.05) is 21.3 Å². The van der Waals surface area contributed by atoms with E-state index in [1.165, 1.54) is 6.42 Å². The lowest BCUT2D eigenvalue weighted by Crippen LogP contribution is -2.12. The van der Waals surface area contributed by atoms with E-state index < -0.39 is 0 Å². The zero-order valence-electron chi connectivity index (χ0n) is 13.4. The molecule has 0 bridgehead atoms. The third kappa shape index (κ3) is 31.4. The Morgan fingerprint density at radius 2 is 1.24 bits per heavy atom. The maximum atomic E-state index is 4.90. The molecule has 1 unspecified atom stereocenters. The number of ether oxygens (including phenoxy) is 1. The molecule has 0 aliphatic rings. The minimum Gasteiger partial charge on any atom is -0.414 e. The van der Waals surface area contributed by atoms with E-state index in [4.69, 9.17) is 4.74 Å². The molecule has 0 aromatic rings. The summed E-state index contributed by atoms with van der Waals surface area (Å²) < 4.78 is 14.3. The van der Waals surface area contributed by atoms with Crippen LogP contribution in [-0.2, 0) is 14.0 Å². The van der Waals surface area contributed by atoms with Crippen molar-refractivity contribution in [1.82, 2.24) is 0 Å². The quantitative estimate of drug-likeness (QED) is 0.691. The monoisotopic (exact) mass is 248 g/mol. The third-order valence-electron chi connectivity index (χ3n) is 2.46. The van der Waals surface area contributed by atoms with Crippen molar-refractivity contribution in [3.63, 3.8) is 0 Å². The zero-order chi connectivity index (χ0) is 14.3. The van der Waals surface area contributed by atoms with Crippen molar-refractivity contribution >= 4 is 7.12 Å². The van der Waals surface area contributed by atoms with Gasteiger partial charge in [0.2, 0.25) is 0 Å². The summed E-state index contributed by atoms with van der Waals surface area (Å²) in [6.45, 7) is 12.6. The van der Waals surface area contributed by atoms with Crippen LogP contribution in [0.3, 0.4) is 0 Å². The van der Waals surface area contributed by atoms with Crippen molar-refractivity contribution in [1.29, 1.82) is 0 Å². The second-order valence-corrected chi connectivity index (χ2v) is 4.30. The Bertz CT molecular complexity index is 103. The SMILES string of the molecule is CCC(C)C.CCC(C)OC.COB(C)OC. The molecule has 3 nitrogen and oxygen atoms in total. The maximum Gasteiger partial charge on any atom is 0.453 e. The van der Waals surface area contributed by atoms with Gasteiger partial charge in [0.15, 0.2) is 0 Å². The molecule has 0 saturated heterocycles. The molecule has 0 aromatic heterocycles. The lowest BCUT2D eigenvalue weighted by molar-refractivity contribution is 0.115. The van der Waals surface area contributed by atoms with Gasteiger partial charge >= 0.3 is 7.12 Å². The fraction of sp³-hybridized carbons (Fsp3) is 1.00. The molecular formula is C13H33BO3. The molecule has 0 heterocycles. The topological polar surface area (TPSA) is 27.7 Å². The lowest BCUT2D eigenvalue weighted by atomic mass is 9.96. The highest BCUT2D eigenvalue weighted by atomic mass is 16.6. The van der Waals surface area contributed by atoms with Gasteiger partial charge < -0.3 is 14.0 Å². The van der Waals surface area contributed by atoms with Gasteiger partial charge in [0.05, 0.1) is 6.10 Å². The van der Waals surface area contributed by atoms with Gasteiger partial charge in [-0.15, -0.1) is 0 Å². The second-order valence-electron chi connectivity index (χ2n) is 4.30. The van der Waals surface area contributed by atoms with Crippen LogP contribution >= 0.6 is 0 Å². The van der Waals surface area contributed by atoms with Crippen LogP contribution < -0.4 is 0 Å². The third-order valence-corrected chi connectivity index (χ3v) is 2.46. The van der Waals surface area contributed by atoms with Crippen LogP contribution in [0.15, 0.2) is 0 Å². The number of hydrogen-bond acceptors (Lipinski definition) is 3. The first kappa shape index (κ1) is 22.2. The van der Waals surface area contributed by atoms with Crippen molar-refractivity contribution in [3.05, 3.63) is 0 Å². The van der Waals surface area contributed by atoms with E-state index in [0.717, 1.165) is 12.3 Å². The van der Waals surface area contributed by atoms with E-state index in [1.54, 1.807) is 21.3 Å².